The lowest BCUT2D eigenvalue weighted by molar-refractivity contribution is -0.176. The molecule has 0 aromatic carbocycles. The predicted octanol–water partition coefficient (Wildman–Crippen LogP) is -0.586. The van der Waals surface area contributed by atoms with Gasteiger partial charge in [0.25, 0.3) is 0 Å². The molecule has 0 bridgehead atoms. The third kappa shape index (κ3) is 2.35. The van der Waals surface area contributed by atoms with E-state index in [4.69, 9.17) is 4.74 Å². The van der Waals surface area contributed by atoms with Crippen molar-refractivity contribution in [2.75, 3.05) is 20.1 Å². The average molecular weight is 174 g/mol. The number of rotatable bonds is 1. The van der Waals surface area contributed by atoms with Gasteiger partial charge in [0.05, 0.1) is 0 Å². The maximum atomic E-state index is 10.8. The second kappa shape index (κ2) is 3.73. The molecule has 0 saturated carbocycles. The number of alkyl carbamates (subject to hydrolysis) is 1. The third-order valence-electron chi connectivity index (χ3n) is 1.87. The minimum atomic E-state index is -1.27. The maximum Gasteiger partial charge on any atom is 0.409 e. The van der Waals surface area contributed by atoms with E-state index in [1.54, 1.807) is 0 Å². The van der Waals surface area contributed by atoms with E-state index in [9.17, 15) is 9.90 Å². The molecule has 0 radical (unpaired) electrons. The van der Waals surface area contributed by atoms with Crippen LogP contribution in [-0.4, -0.2) is 37.1 Å². The van der Waals surface area contributed by atoms with Crippen molar-refractivity contribution in [2.45, 2.75) is 18.6 Å². The number of piperidine rings is 1. The molecule has 0 unspecified atom stereocenters. The molecule has 1 heterocycles. The van der Waals surface area contributed by atoms with Crippen molar-refractivity contribution < 1.29 is 14.6 Å². The fourth-order valence-electron chi connectivity index (χ4n) is 1.14. The fraction of sp³-hybridized carbons (Fsp3) is 0.857. The number of carbonyl (C=O) groups is 1. The number of hydrogen-bond acceptors (Lipinski definition) is 4. The summed E-state index contributed by atoms with van der Waals surface area (Å²) in [5, 5.41) is 15.0. The molecule has 1 aliphatic rings. The Morgan fingerprint density at radius 3 is 2.67 bits per heavy atom. The van der Waals surface area contributed by atoms with E-state index in [-0.39, 0.29) is 0 Å². The van der Waals surface area contributed by atoms with Crippen LogP contribution in [0.2, 0.25) is 0 Å². The molecule has 1 aliphatic heterocycles. The van der Waals surface area contributed by atoms with Gasteiger partial charge in [-0.3, -0.25) is 0 Å². The van der Waals surface area contributed by atoms with Gasteiger partial charge in [0, 0.05) is 33.0 Å². The molecule has 1 rings (SSSR count). The lowest BCUT2D eigenvalue weighted by Crippen LogP contribution is -2.46. The van der Waals surface area contributed by atoms with E-state index in [1.807, 2.05) is 0 Å². The summed E-state index contributed by atoms with van der Waals surface area (Å²) in [4.78, 5) is 10.8. The second-order valence-corrected chi connectivity index (χ2v) is 2.84. The number of hydrogen-bond donors (Lipinski definition) is 3. The van der Waals surface area contributed by atoms with Crippen LogP contribution in [0.25, 0.3) is 0 Å². The van der Waals surface area contributed by atoms with Crippen molar-refractivity contribution in [3.63, 3.8) is 0 Å². The summed E-state index contributed by atoms with van der Waals surface area (Å²) < 4.78 is 4.79. The first-order valence-electron chi connectivity index (χ1n) is 4.00. The highest BCUT2D eigenvalue weighted by Crippen LogP contribution is 2.19. The Morgan fingerprint density at radius 2 is 2.17 bits per heavy atom. The Labute approximate surface area is 71.1 Å². The van der Waals surface area contributed by atoms with Crippen molar-refractivity contribution in [3.05, 3.63) is 0 Å². The van der Waals surface area contributed by atoms with Crippen LogP contribution >= 0.6 is 0 Å². The number of aliphatic hydroxyl groups is 1. The average Bonchev–Trinajstić information content (AvgIpc) is 2.05. The lowest BCUT2D eigenvalue weighted by Gasteiger charge is -2.31. The van der Waals surface area contributed by atoms with Gasteiger partial charge in [-0.25, -0.2) is 4.79 Å². The van der Waals surface area contributed by atoms with E-state index < -0.39 is 11.9 Å². The van der Waals surface area contributed by atoms with E-state index in [2.05, 4.69) is 10.6 Å². The van der Waals surface area contributed by atoms with Crippen molar-refractivity contribution in [1.82, 2.24) is 10.6 Å². The molecule has 0 aromatic rings. The molecule has 0 aliphatic carbocycles. The fourth-order valence-corrected chi connectivity index (χ4v) is 1.14. The first kappa shape index (κ1) is 9.28. The molecule has 5 nitrogen and oxygen atoms in total. The summed E-state index contributed by atoms with van der Waals surface area (Å²) in [5.74, 6) is -1.27. The van der Waals surface area contributed by atoms with Crippen molar-refractivity contribution in [2.24, 2.45) is 0 Å². The Kier molecular flexibility index (Phi) is 2.88. The SMILES string of the molecule is CNC(=O)OC1(O)CCNCC1. The van der Waals surface area contributed by atoms with Gasteiger partial charge >= 0.3 is 6.09 Å². The molecule has 70 valence electrons. The standard InChI is InChI=1S/C7H14N2O3/c1-8-6(10)12-7(11)2-4-9-5-3-7/h9,11H,2-5H2,1H3,(H,8,10). The van der Waals surface area contributed by atoms with Crippen molar-refractivity contribution in [3.8, 4) is 0 Å². The number of amides is 1. The third-order valence-corrected chi connectivity index (χ3v) is 1.87. The van der Waals surface area contributed by atoms with Crippen LogP contribution in [0.5, 0.6) is 0 Å². The number of ether oxygens (including phenoxy) is 1. The summed E-state index contributed by atoms with van der Waals surface area (Å²) in [6.07, 6.45) is 0.306. The molecule has 12 heavy (non-hydrogen) atoms. The minimum Gasteiger partial charge on any atom is -0.417 e. The van der Waals surface area contributed by atoms with Crippen molar-refractivity contribution in [1.29, 1.82) is 0 Å². The Hall–Kier alpha value is -0.810. The van der Waals surface area contributed by atoms with E-state index >= 15 is 0 Å². The first-order valence-corrected chi connectivity index (χ1v) is 4.00. The molecule has 0 atom stereocenters. The quantitative estimate of drug-likeness (QED) is 0.465. The van der Waals surface area contributed by atoms with Crippen LogP contribution in [-0.2, 0) is 4.74 Å². The summed E-state index contributed by atoms with van der Waals surface area (Å²) in [5.41, 5.74) is 0. The van der Waals surface area contributed by atoms with Crippen LogP contribution in [0, 0.1) is 0 Å². The van der Waals surface area contributed by atoms with Crippen LogP contribution in [0.3, 0.4) is 0 Å². The molecule has 1 saturated heterocycles. The zero-order valence-electron chi connectivity index (χ0n) is 7.09. The molecule has 0 spiro atoms. The van der Waals surface area contributed by atoms with E-state index in [0.29, 0.717) is 25.9 Å². The second-order valence-electron chi connectivity index (χ2n) is 2.84. The summed E-state index contributed by atoms with van der Waals surface area (Å²) >= 11 is 0. The molecule has 3 N–H and O–H groups in total. The Balaban J connectivity index is 2.41. The monoisotopic (exact) mass is 174 g/mol. The zero-order chi connectivity index (χ0) is 9.03. The van der Waals surface area contributed by atoms with E-state index in [1.165, 1.54) is 7.05 Å². The van der Waals surface area contributed by atoms with Crippen LogP contribution in [0.1, 0.15) is 12.8 Å². The van der Waals surface area contributed by atoms with Gasteiger partial charge in [-0.2, -0.15) is 0 Å². The van der Waals surface area contributed by atoms with Gasteiger partial charge < -0.3 is 20.5 Å². The van der Waals surface area contributed by atoms with Crippen LogP contribution in [0.4, 0.5) is 4.79 Å². The van der Waals surface area contributed by atoms with E-state index in [0.717, 1.165) is 0 Å². The van der Waals surface area contributed by atoms with Crippen molar-refractivity contribution >= 4 is 6.09 Å². The molecule has 1 fully saturated rings. The lowest BCUT2D eigenvalue weighted by atomic mass is 10.1. The Morgan fingerprint density at radius 1 is 1.58 bits per heavy atom. The van der Waals surface area contributed by atoms with Crippen LogP contribution in [0.15, 0.2) is 0 Å². The Bertz CT molecular complexity index is 166. The predicted molar refractivity (Wildman–Crippen MR) is 42.6 cm³/mol. The van der Waals surface area contributed by atoms with Gasteiger partial charge in [-0.05, 0) is 0 Å². The summed E-state index contributed by atoms with van der Waals surface area (Å²) in [6.45, 7) is 1.35. The maximum absolute atomic E-state index is 10.8. The molecule has 0 aromatic heterocycles. The number of nitrogens with one attached hydrogen (secondary N) is 2. The summed E-state index contributed by atoms with van der Waals surface area (Å²) in [6, 6.07) is 0. The van der Waals surface area contributed by atoms with Crippen LogP contribution < -0.4 is 10.6 Å². The van der Waals surface area contributed by atoms with Gasteiger partial charge in [0.2, 0.25) is 5.79 Å². The normalized spacial score (nSPS) is 21.5. The van der Waals surface area contributed by atoms with Gasteiger partial charge in [0.1, 0.15) is 0 Å². The van der Waals surface area contributed by atoms with Gasteiger partial charge in [-0.15, -0.1) is 0 Å². The summed E-state index contributed by atoms with van der Waals surface area (Å²) in [7, 11) is 1.47. The highest BCUT2D eigenvalue weighted by atomic mass is 16.7. The minimum absolute atomic E-state index is 0.445. The van der Waals surface area contributed by atoms with Gasteiger partial charge in [0.15, 0.2) is 0 Å². The molecule has 1 amide bonds. The van der Waals surface area contributed by atoms with Gasteiger partial charge in [-0.1, -0.05) is 0 Å². The molecular formula is C7H14N2O3. The highest BCUT2D eigenvalue weighted by Gasteiger charge is 2.32. The number of carbonyl (C=O) groups excluding carboxylic acids is 1. The topological polar surface area (TPSA) is 70.6 Å². The highest BCUT2D eigenvalue weighted by molar-refractivity contribution is 5.67. The smallest absolute Gasteiger partial charge is 0.409 e. The first-order chi connectivity index (χ1) is 5.66. The largest absolute Gasteiger partial charge is 0.417 e. The molecular weight excluding hydrogens is 160 g/mol. The zero-order valence-corrected chi connectivity index (χ0v) is 7.09. The molecule has 5 heteroatoms.